The number of methoxy groups -OCH3 is 1. The van der Waals surface area contributed by atoms with Crippen LogP contribution in [0.25, 0.3) is 0 Å². The van der Waals surface area contributed by atoms with Crippen molar-refractivity contribution in [2.24, 2.45) is 5.92 Å². The van der Waals surface area contributed by atoms with E-state index >= 15 is 0 Å². The lowest BCUT2D eigenvalue weighted by molar-refractivity contribution is 0.0579. The third kappa shape index (κ3) is 3.73. The molecular weight excluding hydrogens is 140 g/mol. The molecule has 0 unspecified atom stereocenters. The Labute approximate surface area is 68.9 Å². The van der Waals surface area contributed by atoms with E-state index in [1.165, 1.54) is 25.7 Å². The largest absolute Gasteiger partial charge is 0.382 e. The molecule has 0 saturated heterocycles. The van der Waals surface area contributed by atoms with E-state index in [1.54, 1.807) is 7.11 Å². The molecule has 1 saturated carbocycles. The Morgan fingerprint density at radius 3 is 2.55 bits per heavy atom. The van der Waals surface area contributed by atoms with Crippen molar-refractivity contribution in [3.8, 4) is 0 Å². The molecule has 0 aromatic carbocycles. The molecule has 0 aromatic heterocycles. The quantitative estimate of drug-likeness (QED) is 0.549. The van der Waals surface area contributed by atoms with Gasteiger partial charge in [0.05, 0.1) is 13.2 Å². The Morgan fingerprint density at radius 1 is 1.18 bits per heavy atom. The second-order valence-corrected chi connectivity index (χ2v) is 3.19. The van der Waals surface area contributed by atoms with Crippen LogP contribution in [0.4, 0.5) is 0 Å². The van der Waals surface area contributed by atoms with Gasteiger partial charge >= 0.3 is 0 Å². The number of rotatable bonds is 6. The van der Waals surface area contributed by atoms with E-state index in [-0.39, 0.29) is 0 Å². The van der Waals surface area contributed by atoms with Gasteiger partial charge in [0, 0.05) is 13.7 Å². The molecule has 1 aliphatic rings. The Hall–Kier alpha value is -0.0800. The summed E-state index contributed by atoms with van der Waals surface area (Å²) < 4.78 is 10.2. The van der Waals surface area contributed by atoms with Crippen LogP contribution in [0.2, 0.25) is 0 Å². The minimum atomic E-state index is 0.727. The smallest absolute Gasteiger partial charge is 0.0700 e. The van der Waals surface area contributed by atoms with E-state index in [9.17, 15) is 0 Å². The topological polar surface area (TPSA) is 18.5 Å². The van der Waals surface area contributed by atoms with Crippen LogP contribution < -0.4 is 0 Å². The lowest BCUT2D eigenvalue weighted by Gasteiger charge is -2.24. The Morgan fingerprint density at radius 2 is 2.00 bits per heavy atom. The number of ether oxygens (including phenoxy) is 2. The maximum atomic E-state index is 5.36. The average Bonchev–Trinajstić information content (AvgIpc) is 1.93. The summed E-state index contributed by atoms with van der Waals surface area (Å²) in [4.78, 5) is 0. The van der Waals surface area contributed by atoms with Crippen LogP contribution in [-0.2, 0) is 9.47 Å². The van der Waals surface area contributed by atoms with E-state index in [4.69, 9.17) is 9.47 Å². The lowest BCUT2D eigenvalue weighted by Crippen LogP contribution is -2.14. The molecule has 2 nitrogen and oxygen atoms in total. The van der Waals surface area contributed by atoms with E-state index < -0.39 is 0 Å². The van der Waals surface area contributed by atoms with E-state index in [0.29, 0.717) is 0 Å². The maximum absolute atomic E-state index is 5.36. The molecule has 0 heterocycles. The molecule has 0 N–H and O–H groups in total. The molecule has 0 spiro atoms. The molecule has 0 aliphatic heterocycles. The third-order valence-electron chi connectivity index (χ3n) is 2.33. The van der Waals surface area contributed by atoms with E-state index in [1.807, 2.05) is 0 Å². The summed E-state index contributed by atoms with van der Waals surface area (Å²) in [7, 11) is 1.70. The molecule has 0 radical (unpaired) electrons. The fraction of sp³-hybridized carbons (Fsp3) is 1.00. The fourth-order valence-corrected chi connectivity index (χ4v) is 1.28. The third-order valence-corrected chi connectivity index (χ3v) is 2.33. The lowest BCUT2D eigenvalue weighted by atomic mass is 9.83. The number of hydrogen-bond donors (Lipinski definition) is 0. The first kappa shape index (κ1) is 9.01. The molecule has 1 fully saturated rings. The van der Waals surface area contributed by atoms with Gasteiger partial charge in [-0.25, -0.2) is 0 Å². The van der Waals surface area contributed by atoms with Crippen LogP contribution in [0.1, 0.15) is 25.7 Å². The molecule has 1 rings (SSSR count). The van der Waals surface area contributed by atoms with Gasteiger partial charge in [-0.15, -0.1) is 0 Å². The van der Waals surface area contributed by atoms with Gasteiger partial charge in [0.25, 0.3) is 0 Å². The predicted octanol–water partition coefficient (Wildman–Crippen LogP) is 1.84. The molecule has 0 amide bonds. The first-order valence-corrected chi connectivity index (χ1v) is 4.50. The zero-order valence-electron chi connectivity index (χ0n) is 7.34. The van der Waals surface area contributed by atoms with Gasteiger partial charge in [0.15, 0.2) is 0 Å². The van der Waals surface area contributed by atoms with E-state index in [0.717, 1.165) is 25.7 Å². The fourth-order valence-electron chi connectivity index (χ4n) is 1.28. The minimum absolute atomic E-state index is 0.727. The van der Waals surface area contributed by atoms with Gasteiger partial charge in [-0.1, -0.05) is 19.3 Å². The van der Waals surface area contributed by atoms with E-state index in [2.05, 4.69) is 0 Å². The second-order valence-electron chi connectivity index (χ2n) is 3.19. The molecule has 0 aromatic rings. The van der Waals surface area contributed by atoms with Crippen molar-refractivity contribution < 1.29 is 9.47 Å². The maximum Gasteiger partial charge on any atom is 0.0700 e. The van der Waals surface area contributed by atoms with Crippen molar-refractivity contribution in [3.05, 3.63) is 0 Å². The zero-order chi connectivity index (χ0) is 7.94. The summed E-state index contributed by atoms with van der Waals surface area (Å²) in [6.07, 6.45) is 5.54. The summed E-state index contributed by atoms with van der Waals surface area (Å²) >= 11 is 0. The Bertz CT molecular complexity index is 89.6. The highest BCUT2D eigenvalue weighted by molar-refractivity contribution is 4.68. The highest BCUT2D eigenvalue weighted by Crippen LogP contribution is 2.28. The monoisotopic (exact) mass is 158 g/mol. The van der Waals surface area contributed by atoms with Crippen LogP contribution in [0, 0.1) is 5.92 Å². The molecule has 11 heavy (non-hydrogen) atoms. The highest BCUT2D eigenvalue weighted by Gasteiger charge is 2.16. The van der Waals surface area contributed by atoms with Crippen molar-refractivity contribution in [3.63, 3.8) is 0 Å². The summed E-state index contributed by atoms with van der Waals surface area (Å²) in [5.74, 6) is 0.970. The normalized spacial score (nSPS) is 18.3. The summed E-state index contributed by atoms with van der Waals surface area (Å²) in [6, 6.07) is 0. The van der Waals surface area contributed by atoms with Crippen molar-refractivity contribution in [1.82, 2.24) is 0 Å². The predicted molar refractivity (Wildman–Crippen MR) is 44.7 cm³/mol. The molecule has 66 valence electrons. The van der Waals surface area contributed by atoms with Gasteiger partial charge in [-0.2, -0.15) is 0 Å². The summed E-state index contributed by atoms with van der Waals surface area (Å²) in [5, 5.41) is 0. The van der Waals surface area contributed by atoms with Gasteiger partial charge in [0.2, 0.25) is 0 Å². The SMILES string of the molecule is COCCOCCC1CCC1. The van der Waals surface area contributed by atoms with Gasteiger partial charge in [-0.05, 0) is 12.3 Å². The molecule has 2 heteroatoms. The van der Waals surface area contributed by atoms with Crippen LogP contribution >= 0.6 is 0 Å². The first-order valence-electron chi connectivity index (χ1n) is 4.50. The first-order chi connectivity index (χ1) is 5.43. The van der Waals surface area contributed by atoms with Crippen molar-refractivity contribution in [1.29, 1.82) is 0 Å². The van der Waals surface area contributed by atoms with Crippen molar-refractivity contribution in [2.75, 3.05) is 26.9 Å². The Kier molecular flexibility index (Phi) is 4.55. The molecule has 0 bridgehead atoms. The van der Waals surface area contributed by atoms with Gasteiger partial charge in [-0.3, -0.25) is 0 Å². The second kappa shape index (κ2) is 5.56. The molecular formula is C9H18O2. The van der Waals surface area contributed by atoms with Gasteiger partial charge < -0.3 is 9.47 Å². The zero-order valence-corrected chi connectivity index (χ0v) is 7.34. The van der Waals surface area contributed by atoms with Crippen LogP contribution in [0.15, 0.2) is 0 Å². The minimum Gasteiger partial charge on any atom is -0.382 e. The van der Waals surface area contributed by atoms with Crippen molar-refractivity contribution >= 4 is 0 Å². The Balaban J connectivity index is 1.73. The number of hydrogen-bond acceptors (Lipinski definition) is 2. The molecule has 1 aliphatic carbocycles. The van der Waals surface area contributed by atoms with Crippen molar-refractivity contribution in [2.45, 2.75) is 25.7 Å². The average molecular weight is 158 g/mol. The summed E-state index contributed by atoms with van der Waals surface area (Å²) in [6.45, 7) is 2.40. The van der Waals surface area contributed by atoms with Crippen LogP contribution in [0.5, 0.6) is 0 Å². The van der Waals surface area contributed by atoms with Gasteiger partial charge in [0.1, 0.15) is 0 Å². The standard InChI is InChI=1S/C9H18O2/c1-10-7-8-11-6-5-9-3-2-4-9/h9H,2-8H2,1H3. The van der Waals surface area contributed by atoms with Crippen LogP contribution in [-0.4, -0.2) is 26.9 Å². The highest BCUT2D eigenvalue weighted by atomic mass is 16.5. The van der Waals surface area contributed by atoms with Crippen LogP contribution in [0.3, 0.4) is 0 Å². The summed E-state index contributed by atoms with van der Waals surface area (Å²) in [5.41, 5.74) is 0. The molecule has 0 atom stereocenters.